The highest BCUT2D eigenvalue weighted by molar-refractivity contribution is 7.23. The minimum Gasteiger partial charge on any atom is -0.290 e. The molecule has 0 saturated heterocycles. The molecular formula is C36H22N6S. The molecule has 0 N–H and O–H groups in total. The highest BCUT2D eigenvalue weighted by Crippen LogP contribution is 2.36. The van der Waals surface area contributed by atoms with E-state index in [1.54, 1.807) is 11.3 Å². The van der Waals surface area contributed by atoms with Gasteiger partial charge in [0.15, 0.2) is 16.6 Å². The van der Waals surface area contributed by atoms with Crippen molar-refractivity contribution < 1.29 is 0 Å². The van der Waals surface area contributed by atoms with Crippen LogP contribution in [0.15, 0.2) is 134 Å². The number of fused-ring (bicyclic) bond motifs is 6. The van der Waals surface area contributed by atoms with Crippen LogP contribution in [0.4, 0.5) is 0 Å². The van der Waals surface area contributed by atoms with Crippen molar-refractivity contribution in [2.45, 2.75) is 0 Å². The Bertz CT molecular complexity index is 2400. The summed E-state index contributed by atoms with van der Waals surface area (Å²) in [4.78, 5) is 20.5. The smallest absolute Gasteiger partial charge is 0.238 e. The Morgan fingerprint density at radius 3 is 1.88 bits per heavy atom. The van der Waals surface area contributed by atoms with Crippen LogP contribution in [0.3, 0.4) is 0 Å². The Labute approximate surface area is 250 Å². The first kappa shape index (κ1) is 24.0. The van der Waals surface area contributed by atoms with Crippen LogP contribution in [0.1, 0.15) is 0 Å². The van der Waals surface area contributed by atoms with Crippen LogP contribution in [-0.2, 0) is 0 Å². The average Bonchev–Trinajstić information content (AvgIpc) is 3.76. The largest absolute Gasteiger partial charge is 0.290 e. The number of rotatable bonds is 4. The molecule has 0 amide bonds. The van der Waals surface area contributed by atoms with Crippen LogP contribution >= 0.6 is 11.3 Å². The fourth-order valence-corrected chi connectivity index (χ4v) is 6.91. The van der Waals surface area contributed by atoms with Crippen LogP contribution in [0.25, 0.3) is 76.8 Å². The summed E-state index contributed by atoms with van der Waals surface area (Å²) in [5.41, 5.74) is 7.50. The fourth-order valence-electron chi connectivity index (χ4n) is 5.89. The van der Waals surface area contributed by atoms with E-state index in [4.69, 9.17) is 15.0 Å². The van der Waals surface area contributed by atoms with Crippen LogP contribution in [0.5, 0.6) is 0 Å². The zero-order chi connectivity index (χ0) is 28.3. The van der Waals surface area contributed by atoms with Crippen LogP contribution < -0.4 is 0 Å². The Balaban J connectivity index is 1.26. The standard InChI is InChI=1S/C36H22N6S/c1-3-9-23(10-4-1)33-38-34(24-11-5-2-6-12-24)40-35(39-33)42-29-14-8-7-13-27(29)28-21-25(15-17-30(28)42)26-16-18-31-32(22-26)43-36-37-19-20-41(31)36/h1-22H. The zero-order valence-electron chi connectivity index (χ0n) is 22.8. The van der Waals surface area contributed by atoms with Crippen LogP contribution in [0.2, 0.25) is 0 Å². The van der Waals surface area contributed by atoms with E-state index in [0.717, 1.165) is 43.5 Å². The van der Waals surface area contributed by atoms with E-state index in [9.17, 15) is 0 Å². The normalized spacial score (nSPS) is 11.7. The molecule has 0 spiro atoms. The summed E-state index contributed by atoms with van der Waals surface area (Å²) < 4.78 is 5.52. The maximum absolute atomic E-state index is 5.04. The molecule has 0 saturated carbocycles. The SMILES string of the molecule is c1ccc(-c2nc(-c3ccccc3)nc(-n3c4ccccc4c4cc(-c5ccc6c(c5)sc5nccn56)ccc43)n2)cc1. The molecule has 202 valence electrons. The van der Waals surface area contributed by atoms with E-state index in [1.165, 1.54) is 15.8 Å². The minimum atomic E-state index is 0.593. The van der Waals surface area contributed by atoms with Gasteiger partial charge >= 0.3 is 0 Å². The lowest BCUT2D eigenvalue weighted by molar-refractivity contribution is 0.953. The van der Waals surface area contributed by atoms with Gasteiger partial charge in [-0.2, -0.15) is 9.97 Å². The second-order valence-electron chi connectivity index (χ2n) is 10.5. The summed E-state index contributed by atoms with van der Waals surface area (Å²) in [7, 11) is 0. The molecule has 7 heteroatoms. The topological polar surface area (TPSA) is 60.9 Å². The second kappa shape index (κ2) is 9.44. The summed E-state index contributed by atoms with van der Waals surface area (Å²) >= 11 is 1.71. The van der Waals surface area contributed by atoms with Crippen molar-refractivity contribution in [2.75, 3.05) is 0 Å². The lowest BCUT2D eigenvalue weighted by Crippen LogP contribution is -2.06. The number of hydrogen-bond donors (Lipinski definition) is 0. The number of aromatic nitrogens is 6. The lowest BCUT2D eigenvalue weighted by Gasteiger charge is -2.11. The van der Waals surface area contributed by atoms with Gasteiger partial charge in [0.05, 0.1) is 21.3 Å². The molecule has 0 fully saturated rings. The van der Waals surface area contributed by atoms with E-state index in [2.05, 4.69) is 74.6 Å². The average molecular weight is 571 g/mol. The summed E-state index contributed by atoms with van der Waals surface area (Å²) in [6.45, 7) is 0. The van der Waals surface area contributed by atoms with E-state index < -0.39 is 0 Å². The van der Waals surface area contributed by atoms with Crippen molar-refractivity contribution in [3.05, 3.63) is 134 Å². The lowest BCUT2D eigenvalue weighted by atomic mass is 10.0. The zero-order valence-corrected chi connectivity index (χ0v) is 23.6. The molecule has 0 aliphatic carbocycles. The number of nitrogens with zero attached hydrogens (tertiary/aromatic N) is 6. The number of hydrogen-bond acceptors (Lipinski definition) is 5. The first-order chi connectivity index (χ1) is 21.3. The summed E-state index contributed by atoms with van der Waals surface area (Å²) in [5.74, 6) is 1.88. The molecule has 0 aliphatic rings. The third-order valence-corrected chi connectivity index (χ3v) is 8.95. The van der Waals surface area contributed by atoms with Gasteiger partial charge in [-0.3, -0.25) is 8.97 Å². The minimum absolute atomic E-state index is 0.593. The molecule has 4 heterocycles. The molecule has 9 rings (SSSR count). The first-order valence-corrected chi connectivity index (χ1v) is 14.9. The Hall–Kier alpha value is -5.66. The highest BCUT2D eigenvalue weighted by atomic mass is 32.1. The Kier molecular flexibility index (Phi) is 5.27. The Morgan fingerprint density at radius 1 is 0.512 bits per heavy atom. The van der Waals surface area contributed by atoms with Crippen molar-refractivity contribution in [3.8, 4) is 39.9 Å². The van der Waals surface area contributed by atoms with Crippen molar-refractivity contribution in [1.29, 1.82) is 0 Å². The molecule has 0 atom stereocenters. The quantitative estimate of drug-likeness (QED) is 0.212. The van der Waals surface area contributed by atoms with E-state index in [1.807, 2.05) is 73.1 Å². The summed E-state index contributed by atoms with van der Waals surface area (Å²) in [6.07, 6.45) is 3.86. The number of para-hydroxylation sites is 1. The fraction of sp³-hybridized carbons (Fsp3) is 0. The van der Waals surface area contributed by atoms with Gasteiger partial charge in [-0.1, -0.05) is 102 Å². The van der Waals surface area contributed by atoms with Crippen LogP contribution in [-0.4, -0.2) is 28.9 Å². The van der Waals surface area contributed by atoms with Crippen molar-refractivity contribution in [2.24, 2.45) is 0 Å². The molecule has 5 aromatic carbocycles. The molecule has 9 aromatic rings. The monoisotopic (exact) mass is 570 g/mol. The third-order valence-electron chi connectivity index (χ3n) is 7.92. The van der Waals surface area contributed by atoms with Gasteiger partial charge in [-0.15, -0.1) is 0 Å². The highest BCUT2D eigenvalue weighted by Gasteiger charge is 2.18. The van der Waals surface area contributed by atoms with Gasteiger partial charge in [-0.25, -0.2) is 9.97 Å². The molecule has 43 heavy (non-hydrogen) atoms. The molecule has 0 bridgehead atoms. The van der Waals surface area contributed by atoms with Gasteiger partial charge in [0.1, 0.15) is 0 Å². The summed E-state index contributed by atoms with van der Waals surface area (Å²) in [6, 6.07) is 41.9. The maximum atomic E-state index is 5.04. The predicted octanol–water partition coefficient (Wildman–Crippen LogP) is 8.83. The van der Waals surface area contributed by atoms with E-state index in [-0.39, 0.29) is 0 Å². The molecular weight excluding hydrogens is 549 g/mol. The van der Waals surface area contributed by atoms with Gasteiger partial charge in [0.2, 0.25) is 5.95 Å². The van der Waals surface area contributed by atoms with Gasteiger partial charge in [-0.05, 0) is 41.5 Å². The number of imidazole rings is 1. The molecule has 0 aliphatic heterocycles. The molecule has 0 radical (unpaired) electrons. The van der Waals surface area contributed by atoms with Gasteiger partial charge < -0.3 is 0 Å². The molecule has 0 unspecified atom stereocenters. The van der Waals surface area contributed by atoms with Crippen molar-refractivity contribution in [3.63, 3.8) is 0 Å². The summed E-state index contributed by atoms with van der Waals surface area (Å²) in [5, 5.41) is 2.30. The maximum Gasteiger partial charge on any atom is 0.238 e. The van der Waals surface area contributed by atoms with Gasteiger partial charge in [0, 0.05) is 34.3 Å². The van der Waals surface area contributed by atoms with Gasteiger partial charge in [0.25, 0.3) is 0 Å². The van der Waals surface area contributed by atoms with Crippen molar-refractivity contribution >= 4 is 48.3 Å². The van der Waals surface area contributed by atoms with E-state index in [0.29, 0.717) is 17.6 Å². The third kappa shape index (κ3) is 3.86. The first-order valence-electron chi connectivity index (χ1n) is 14.1. The number of benzene rings is 5. The molecule has 6 nitrogen and oxygen atoms in total. The molecule has 4 aromatic heterocycles. The Morgan fingerprint density at radius 2 is 1.14 bits per heavy atom. The number of thiazole rings is 1. The van der Waals surface area contributed by atoms with Crippen LogP contribution in [0, 0.1) is 0 Å². The van der Waals surface area contributed by atoms with E-state index >= 15 is 0 Å². The second-order valence-corrected chi connectivity index (χ2v) is 11.5. The predicted molar refractivity (Wildman–Crippen MR) is 175 cm³/mol. The van der Waals surface area contributed by atoms with Crippen molar-refractivity contribution in [1.82, 2.24) is 28.9 Å².